The summed E-state index contributed by atoms with van der Waals surface area (Å²) in [4.78, 5) is 30.5. The Morgan fingerprint density at radius 1 is 0.872 bits per heavy atom. The number of hydrogen-bond donors (Lipinski definition) is 0. The second kappa shape index (κ2) is 11.4. The van der Waals surface area contributed by atoms with Gasteiger partial charge in [-0.3, -0.25) is 4.79 Å². The van der Waals surface area contributed by atoms with Gasteiger partial charge in [0.05, 0.1) is 24.2 Å². The zero-order chi connectivity index (χ0) is 27.2. The number of carbonyl (C=O) groups is 1. The number of aryl methyl sites for hydroxylation is 1. The van der Waals surface area contributed by atoms with Gasteiger partial charge in [0.2, 0.25) is 0 Å². The van der Waals surface area contributed by atoms with Gasteiger partial charge in [-0.25, -0.2) is 9.78 Å². The van der Waals surface area contributed by atoms with Crippen molar-refractivity contribution in [3.05, 3.63) is 130 Å². The molecule has 7 nitrogen and oxygen atoms in total. The first kappa shape index (κ1) is 25.4. The van der Waals surface area contributed by atoms with E-state index in [0.717, 1.165) is 16.7 Å². The summed E-state index contributed by atoms with van der Waals surface area (Å²) in [5, 5.41) is 4.97. The molecule has 1 heterocycles. The molecule has 0 fully saturated rings. The molecule has 0 amide bonds. The first-order chi connectivity index (χ1) is 19.0. The van der Waals surface area contributed by atoms with Crippen LogP contribution in [-0.2, 0) is 4.79 Å². The Balaban J connectivity index is 1.46. The molecule has 0 aliphatic carbocycles. The highest BCUT2D eigenvalue weighted by molar-refractivity contribution is 5.89. The molecule has 0 atom stereocenters. The Morgan fingerprint density at radius 3 is 2.46 bits per heavy atom. The van der Waals surface area contributed by atoms with E-state index in [0.29, 0.717) is 28.0 Å². The van der Waals surface area contributed by atoms with Gasteiger partial charge in [0.1, 0.15) is 0 Å². The van der Waals surface area contributed by atoms with Gasteiger partial charge in [0, 0.05) is 11.6 Å². The van der Waals surface area contributed by atoms with Crippen LogP contribution in [0.4, 0.5) is 0 Å². The average molecular weight is 516 g/mol. The predicted octanol–water partition coefficient (Wildman–Crippen LogP) is 5.88. The number of esters is 1. The summed E-state index contributed by atoms with van der Waals surface area (Å²) >= 11 is 0. The van der Waals surface area contributed by atoms with Crippen LogP contribution in [0.15, 0.2) is 113 Å². The molecule has 1 aromatic heterocycles. The largest absolute Gasteiger partial charge is 0.493 e. The van der Waals surface area contributed by atoms with Gasteiger partial charge in [-0.2, -0.15) is 9.78 Å². The van der Waals surface area contributed by atoms with Gasteiger partial charge in [-0.05, 0) is 60.5 Å². The Kier molecular flexibility index (Phi) is 7.41. The fraction of sp³-hybridized carbons (Fsp3) is 0.0625. The topological polar surface area (TPSA) is 82.8 Å². The van der Waals surface area contributed by atoms with Crippen LogP contribution in [0.5, 0.6) is 11.5 Å². The smallest absolute Gasteiger partial charge is 0.336 e. The third kappa shape index (κ3) is 5.83. The molecule has 0 spiro atoms. The average Bonchev–Trinajstić information content (AvgIpc) is 2.96. The number of para-hydroxylation sites is 1. The Hall–Kier alpha value is -5.30. The highest BCUT2D eigenvalue weighted by Crippen LogP contribution is 2.28. The third-order valence-electron chi connectivity index (χ3n) is 5.96. The molecule has 5 aromatic rings. The quantitative estimate of drug-likeness (QED) is 0.117. The number of hydrogen-bond acceptors (Lipinski definition) is 6. The fourth-order valence-electron chi connectivity index (χ4n) is 4.05. The van der Waals surface area contributed by atoms with Gasteiger partial charge in [0.25, 0.3) is 5.56 Å². The second-order valence-electron chi connectivity index (χ2n) is 8.76. The zero-order valence-electron chi connectivity index (χ0n) is 21.4. The summed E-state index contributed by atoms with van der Waals surface area (Å²) in [6.45, 7) is 1.98. The predicted molar refractivity (Wildman–Crippen MR) is 153 cm³/mol. The number of benzene rings is 4. The second-order valence-corrected chi connectivity index (χ2v) is 8.76. The van der Waals surface area contributed by atoms with Gasteiger partial charge in [-0.15, -0.1) is 0 Å². The Morgan fingerprint density at radius 2 is 1.67 bits per heavy atom. The van der Waals surface area contributed by atoms with Gasteiger partial charge in [0.15, 0.2) is 17.3 Å². The van der Waals surface area contributed by atoms with Crippen molar-refractivity contribution < 1.29 is 14.3 Å². The SMILES string of the molecule is COc1cc(C=Nn2c(-c3cccc(C)c3)nc3ccccc3c2=O)ccc1OC(=O)/C=C/c1ccccc1. The minimum Gasteiger partial charge on any atom is -0.493 e. The maximum Gasteiger partial charge on any atom is 0.336 e. The van der Waals surface area contributed by atoms with Crippen molar-refractivity contribution in [1.82, 2.24) is 9.66 Å². The molecule has 0 N–H and O–H groups in total. The maximum absolute atomic E-state index is 13.4. The first-order valence-electron chi connectivity index (χ1n) is 12.3. The van der Waals surface area contributed by atoms with E-state index >= 15 is 0 Å². The van der Waals surface area contributed by atoms with Crippen LogP contribution in [0.25, 0.3) is 28.4 Å². The number of aromatic nitrogens is 2. The van der Waals surface area contributed by atoms with Crippen molar-refractivity contribution in [1.29, 1.82) is 0 Å². The van der Waals surface area contributed by atoms with E-state index in [-0.39, 0.29) is 11.3 Å². The maximum atomic E-state index is 13.4. The van der Waals surface area contributed by atoms with Crippen LogP contribution in [0.1, 0.15) is 16.7 Å². The van der Waals surface area contributed by atoms with E-state index in [4.69, 9.17) is 14.5 Å². The van der Waals surface area contributed by atoms with E-state index in [9.17, 15) is 9.59 Å². The zero-order valence-corrected chi connectivity index (χ0v) is 21.4. The van der Waals surface area contributed by atoms with Gasteiger partial charge in [-0.1, -0.05) is 66.2 Å². The highest BCUT2D eigenvalue weighted by Gasteiger charge is 2.13. The number of fused-ring (bicyclic) bond motifs is 1. The molecule has 0 unspecified atom stereocenters. The molecule has 5 rings (SSSR count). The minimum absolute atomic E-state index is 0.266. The highest BCUT2D eigenvalue weighted by atomic mass is 16.6. The lowest BCUT2D eigenvalue weighted by Crippen LogP contribution is -2.20. The summed E-state index contributed by atoms with van der Waals surface area (Å²) in [6.07, 6.45) is 4.58. The van der Waals surface area contributed by atoms with Crippen molar-refractivity contribution in [2.24, 2.45) is 5.10 Å². The van der Waals surface area contributed by atoms with E-state index in [1.807, 2.05) is 73.7 Å². The molecule has 0 saturated heterocycles. The molecule has 0 bridgehead atoms. The normalized spacial score (nSPS) is 11.3. The standard InChI is InChI=1S/C32H25N3O4/c1-22-9-8-12-25(19-22)31-34-27-14-7-6-13-26(27)32(37)35(31)33-21-24-15-17-28(29(20-24)38-2)39-30(36)18-16-23-10-4-3-5-11-23/h3-21H,1-2H3/b18-16+,33-21?. The first-order valence-corrected chi connectivity index (χ1v) is 12.3. The lowest BCUT2D eigenvalue weighted by atomic mass is 10.1. The molecule has 39 heavy (non-hydrogen) atoms. The van der Waals surface area contributed by atoms with E-state index in [1.54, 1.807) is 42.6 Å². The van der Waals surface area contributed by atoms with Crippen molar-refractivity contribution in [2.45, 2.75) is 6.92 Å². The molecule has 4 aromatic carbocycles. The summed E-state index contributed by atoms with van der Waals surface area (Å²) < 4.78 is 12.2. The Bertz CT molecular complexity index is 1770. The lowest BCUT2D eigenvalue weighted by Gasteiger charge is -2.11. The molecule has 7 heteroatoms. The molecule has 0 aliphatic heterocycles. The summed E-state index contributed by atoms with van der Waals surface area (Å²) in [5.74, 6) is 0.516. The number of nitrogens with zero attached hydrogens (tertiary/aromatic N) is 3. The number of rotatable bonds is 7. The van der Waals surface area contributed by atoms with Gasteiger partial charge < -0.3 is 9.47 Å². The summed E-state index contributed by atoms with van der Waals surface area (Å²) in [5.41, 5.74) is 3.66. The van der Waals surface area contributed by atoms with Crippen LogP contribution in [0, 0.1) is 6.92 Å². The van der Waals surface area contributed by atoms with Crippen LogP contribution < -0.4 is 15.0 Å². The molecule has 0 radical (unpaired) electrons. The van der Waals surface area contributed by atoms with E-state index < -0.39 is 5.97 Å². The van der Waals surface area contributed by atoms with Crippen LogP contribution in [0.3, 0.4) is 0 Å². The van der Waals surface area contributed by atoms with Crippen molar-refractivity contribution in [3.8, 4) is 22.9 Å². The molecule has 0 saturated carbocycles. The minimum atomic E-state index is -0.532. The van der Waals surface area contributed by atoms with E-state index in [1.165, 1.54) is 17.9 Å². The Labute approximate surface area is 225 Å². The van der Waals surface area contributed by atoms with Crippen molar-refractivity contribution >= 4 is 29.2 Å². The van der Waals surface area contributed by atoms with Crippen molar-refractivity contribution in [2.75, 3.05) is 7.11 Å². The molecular formula is C32H25N3O4. The lowest BCUT2D eigenvalue weighted by molar-refractivity contribution is -0.129. The van der Waals surface area contributed by atoms with E-state index in [2.05, 4.69) is 5.10 Å². The summed E-state index contributed by atoms with van der Waals surface area (Å²) in [6, 6.07) is 29.4. The third-order valence-corrected chi connectivity index (χ3v) is 5.96. The number of carbonyl (C=O) groups excluding carboxylic acids is 1. The van der Waals surface area contributed by atoms with Crippen LogP contribution >= 0.6 is 0 Å². The number of methoxy groups -OCH3 is 1. The van der Waals surface area contributed by atoms with Crippen molar-refractivity contribution in [3.63, 3.8) is 0 Å². The molecule has 192 valence electrons. The summed E-state index contributed by atoms with van der Waals surface area (Å²) in [7, 11) is 1.49. The number of ether oxygens (including phenoxy) is 2. The monoisotopic (exact) mass is 515 g/mol. The fourth-order valence-corrected chi connectivity index (χ4v) is 4.05. The van der Waals surface area contributed by atoms with Crippen LogP contribution in [-0.4, -0.2) is 29.0 Å². The van der Waals surface area contributed by atoms with Gasteiger partial charge >= 0.3 is 5.97 Å². The molecule has 0 aliphatic rings. The molecular weight excluding hydrogens is 490 g/mol. The van der Waals surface area contributed by atoms with Crippen LogP contribution in [0.2, 0.25) is 0 Å².